The Morgan fingerprint density at radius 2 is 1.53 bits per heavy atom. The summed E-state index contributed by atoms with van der Waals surface area (Å²) in [6, 6.07) is 15.6. The Balaban J connectivity index is 0.000000297. The molecule has 0 saturated heterocycles. The van der Waals surface area contributed by atoms with Crippen molar-refractivity contribution in [1.29, 1.82) is 0 Å². The van der Waals surface area contributed by atoms with Gasteiger partial charge < -0.3 is 4.98 Å². The second-order valence-corrected chi connectivity index (χ2v) is 9.43. The van der Waals surface area contributed by atoms with Gasteiger partial charge in [0.15, 0.2) is 0 Å². The van der Waals surface area contributed by atoms with Crippen LogP contribution >= 0.6 is 0 Å². The number of aromatic nitrogens is 1. The van der Waals surface area contributed by atoms with Crippen molar-refractivity contribution >= 4 is 10.9 Å². The fraction of sp³-hybridized carbons (Fsp3) is 0.562. The van der Waals surface area contributed by atoms with E-state index in [1.807, 2.05) is 39.8 Å². The molecule has 0 radical (unpaired) electrons. The predicted octanol–water partition coefficient (Wildman–Crippen LogP) is 10.8. The summed E-state index contributed by atoms with van der Waals surface area (Å²) in [5, 5.41) is 1.40. The zero-order valence-corrected chi connectivity index (χ0v) is 23.2. The molecule has 1 saturated carbocycles. The Kier molecular flexibility index (Phi) is 13.9. The Morgan fingerprint density at radius 1 is 0.941 bits per heavy atom. The fourth-order valence-corrected chi connectivity index (χ4v) is 4.90. The fourth-order valence-electron chi connectivity index (χ4n) is 4.90. The van der Waals surface area contributed by atoms with E-state index >= 15 is 0 Å². The molecule has 1 fully saturated rings. The van der Waals surface area contributed by atoms with Gasteiger partial charge in [0.25, 0.3) is 0 Å². The van der Waals surface area contributed by atoms with Crippen LogP contribution in [0.4, 0.5) is 4.39 Å². The van der Waals surface area contributed by atoms with Crippen LogP contribution in [0.2, 0.25) is 0 Å². The molecule has 0 bridgehead atoms. The monoisotopic (exact) mass is 467 g/mol. The van der Waals surface area contributed by atoms with Crippen LogP contribution in [0.3, 0.4) is 0 Å². The maximum absolute atomic E-state index is 12.8. The maximum Gasteiger partial charge on any atom is 0.123 e. The third-order valence-corrected chi connectivity index (χ3v) is 7.11. The number of hydrogen-bond donors (Lipinski definition) is 1. The first-order valence-corrected chi connectivity index (χ1v) is 13.8. The van der Waals surface area contributed by atoms with E-state index in [0.29, 0.717) is 5.92 Å². The van der Waals surface area contributed by atoms with Gasteiger partial charge >= 0.3 is 0 Å². The molecule has 34 heavy (non-hydrogen) atoms. The molecular formula is C32H50FN. The van der Waals surface area contributed by atoms with Crippen molar-refractivity contribution in [3.8, 4) is 0 Å². The molecule has 1 heterocycles. The van der Waals surface area contributed by atoms with Gasteiger partial charge in [0, 0.05) is 17.1 Å². The number of para-hydroxylation sites is 1. The van der Waals surface area contributed by atoms with E-state index in [4.69, 9.17) is 0 Å². The maximum atomic E-state index is 12.8. The van der Waals surface area contributed by atoms with Gasteiger partial charge in [0.2, 0.25) is 0 Å². The Labute approximate surface area is 209 Å². The zero-order chi connectivity index (χ0) is 25.6. The number of rotatable bonds is 5. The standard InChI is InChI=1S/C14H19F.C14H19N.2C2H6/c1-11-7-9-14(2,10-8-11)12-3-5-13(15)6-4-12;1-3-7-11(4-2)13-10-15-14-9-6-5-8-12(13)14;2*1-2/h3-6,11H,7-10H2,1-2H3;5-6,8-11,15H,3-4,7H2,1-2H3;2*1-2H3. The van der Waals surface area contributed by atoms with Crippen LogP contribution in [-0.2, 0) is 5.41 Å². The number of halogens is 1. The van der Waals surface area contributed by atoms with E-state index in [2.05, 4.69) is 63.1 Å². The molecule has 1 atom stereocenters. The van der Waals surface area contributed by atoms with Crippen molar-refractivity contribution < 1.29 is 4.39 Å². The number of hydrogen-bond acceptors (Lipinski definition) is 0. The van der Waals surface area contributed by atoms with E-state index in [9.17, 15) is 4.39 Å². The van der Waals surface area contributed by atoms with Crippen LogP contribution in [0.5, 0.6) is 0 Å². The van der Waals surface area contributed by atoms with Crippen LogP contribution in [0, 0.1) is 11.7 Å². The van der Waals surface area contributed by atoms with E-state index < -0.39 is 0 Å². The lowest BCUT2D eigenvalue weighted by Crippen LogP contribution is -2.27. The van der Waals surface area contributed by atoms with Crippen molar-refractivity contribution in [1.82, 2.24) is 4.98 Å². The summed E-state index contributed by atoms with van der Waals surface area (Å²) >= 11 is 0. The summed E-state index contributed by atoms with van der Waals surface area (Å²) in [4.78, 5) is 3.36. The largest absolute Gasteiger partial charge is 0.361 e. The number of aromatic amines is 1. The van der Waals surface area contributed by atoms with Gasteiger partial charge in [0.1, 0.15) is 5.82 Å². The molecule has 0 aliphatic heterocycles. The predicted molar refractivity (Wildman–Crippen MR) is 150 cm³/mol. The molecule has 0 spiro atoms. The average Bonchev–Trinajstić information content (AvgIpc) is 3.32. The van der Waals surface area contributed by atoms with E-state index in [0.717, 1.165) is 5.92 Å². The molecule has 2 heteroatoms. The molecule has 2 aromatic carbocycles. The first kappa shape index (κ1) is 29.9. The topological polar surface area (TPSA) is 15.8 Å². The normalized spacial score (nSPS) is 20.1. The van der Waals surface area contributed by atoms with Gasteiger partial charge in [-0.15, -0.1) is 0 Å². The first-order valence-electron chi connectivity index (χ1n) is 13.8. The molecule has 1 nitrogen and oxygen atoms in total. The summed E-state index contributed by atoms with van der Waals surface area (Å²) in [5.74, 6) is 1.44. The third-order valence-electron chi connectivity index (χ3n) is 7.11. The highest BCUT2D eigenvalue weighted by atomic mass is 19.1. The van der Waals surface area contributed by atoms with E-state index in [1.165, 1.54) is 67.0 Å². The van der Waals surface area contributed by atoms with Gasteiger partial charge in [0.05, 0.1) is 0 Å². The van der Waals surface area contributed by atoms with Gasteiger partial charge in [-0.05, 0) is 85.1 Å². The summed E-state index contributed by atoms with van der Waals surface area (Å²) in [6.45, 7) is 17.2. The molecule has 1 aromatic heterocycles. The van der Waals surface area contributed by atoms with Gasteiger partial charge in [-0.3, -0.25) is 0 Å². The lowest BCUT2D eigenvalue weighted by atomic mass is 9.68. The highest BCUT2D eigenvalue weighted by Gasteiger charge is 2.30. The quantitative estimate of drug-likeness (QED) is 0.384. The molecular weight excluding hydrogens is 417 g/mol. The molecule has 3 aromatic rings. The average molecular weight is 468 g/mol. The van der Waals surface area contributed by atoms with Crippen LogP contribution in [0.1, 0.15) is 117 Å². The molecule has 1 unspecified atom stereocenters. The van der Waals surface area contributed by atoms with Crippen molar-refractivity contribution in [2.24, 2.45) is 5.92 Å². The van der Waals surface area contributed by atoms with Crippen molar-refractivity contribution in [2.45, 2.75) is 112 Å². The van der Waals surface area contributed by atoms with Gasteiger partial charge in [-0.2, -0.15) is 0 Å². The second kappa shape index (κ2) is 15.7. The van der Waals surface area contributed by atoms with Gasteiger partial charge in [-0.25, -0.2) is 4.39 Å². The SMILES string of the molecule is CC.CC.CC1CCC(C)(c2ccc(F)cc2)CC1.CCCC(CC)c1c[nH]c2ccccc12. The molecule has 4 rings (SSSR count). The summed E-state index contributed by atoms with van der Waals surface area (Å²) in [7, 11) is 0. The second-order valence-electron chi connectivity index (χ2n) is 9.43. The highest BCUT2D eigenvalue weighted by molar-refractivity contribution is 5.83. The molecule has 1 aliphatic carbocycles. The highest BCUT2D eigenvalue weighted by Crippen LogP contribution is 2.41. The van der Waals surface area contributed by atoms with E-state index in [-0.39, 0.29) is 11.2 Å². The van der Waals surface area contributed by atoms with Crippen molar-refractivity contribution in [2.75, 3.05) is 0 Å². The Morgan fingerprint density at radius 3 is 2.09 bits per heavy atom. The smallest absolute Gasteiger partial charge is 0.123 e. The first-order chi connectivity index (χ1) is 16.5. The molecule has 1 N–H and O–H groups in total. The Hall–Kier alpha value is -2.09. The summed E-state index contributed by atoms with van der Waals surface area (Å²) < 4.78 is 12.8. The van der Waals surface area contributed by atoms with E-state index in [1.54, 1.807) is 12.1 Å². The molecule has 190 valence electrons. The minimum Gasteiger partial charge on any atom is -0.361 e. The summed E-state index contributed by atoms with van der Waals surface area (Å²) in [5.41, 5.74) is 4.34. The van der Waals surface area contributed by atoms with Crippen LogP contribution in [-0.4, -0.2) is 4.98 Å². The molecule has 0 amide bonds. The van der Waals surface area contributed by atoms with Crippen LogP contribution in [0.25, 0.3) is 10.9 Å². The zero-order valence-electron chi connectivity index (χ0n) is 23.2. The molecule has 1 aliphatic rings. The number of H-pyrrole nitrogens is 1. The minimum absolute atomic E-state index is 0.133. The Bertz CT molecular complexity index is 900. The third kappa shape index (κ3) is 8.29. The lowest BCUT2D eigenvalue weighted by molar-refractivity contribution is 0.260. The lowest BCUT2D eigenvalue weighted by Gasteiger charge is -2.36. The van der Waals surface area contributed by atoms with Gasteiger partial charge in [-0.1, -0.05) is 92.1 Å². The minimum atomic E-state index is -0.133. The summed E-state index contributed by atoms with van der Waals surface area (Å²) in [6.07, 6.45) is 11.0. The van der Waals surface area contributed by atoms with Crippen molar-refractivity contribution in [3.05, 3.63) is 71.7 Å². The van der Waals surface area contributed by atoms with Crippen LogP contribution in [0.15, 0.2) is 54.7 Å². The number of nitrogens with one attached hydrogen (secondary N) is 1. The number of benzene rings is 2. The number of fused-ring (bicyclic) bond motifs is 1. The van der Waals surface area contributed by atoms with Crippen molar-refractivity contribution in [3.63, 3.8) is 0 Å². The van der Waals surface area contributed by atoms with Crippen LogP contribution < -0.4 is 0 Å².